The Hall–Kier alpha value is -1.92. The maximum atomic E-state index is 5.94. The number of hydrogen-bond acceptors (Lipinski definition) is 6. The van der Waals surface area contributed by atoms with Crippen LogP contribution in [-0.2, 0) is 0 Å². The molecule has 0 spiro atoms. The number of nitrogens with zero attached hydrogens (tertiary/aromatic N) is 3. The second-order valence-corrected chi connectivity index (χ2v) is 5.37. The highest BCUT2D eigenvalue weighted by molar-refractivity contribution is 7.18. The van der Waals surface area contributed by atoms with E-state index in [-0.39, 0.29) is 0 Å². The van der Waals surface area contributed by atoms with E-state index in [9.17, 15) is 0 Å². The summed E-state index contributed by atoms with van der Waals surface area (Å²) in [6, 6.07) is 7.28. The van der Waals surface area contributed by atoms with Crippen LogP contribution in [0.5, 0.6) is 0 Å². The third kappa shape index (κ3) is 2.32. The molecule has 0 fully saturated rings. The zero-order valence-corrected chi connectivity index (χ0v) is 11.5. The van der Waals surface area contributed by atoms with E-state index in [1.807, 2.05) is 19.1 Å². The molecule has 0 amide bonds. The van der Waals surface area contributed by atoms with Crippen molar-refractivity contribution >= 4 is 28.1 Å². The Balaban J connectivity index is 2.02. The molecule has 5 nitrogen and oxygen atoms in total. The third-order valence-electron chi connectivity index (χ3n) is 2.52. The minimum atomic E-state index is 0.418. The van der Waals surface area contributed by atoms with Gasteiger partial charge in [-0.25, -0.2) is 4.98 Å². The van der Waals surface area contributed by atoms with Crippen LogP contribution in [0.15, 0.2) is 28.8 Å². The topological polar surface area (TPSA) is 77.8 Å². The van der Waals surface area contributed by atoms with Gasteiger partial charge in [0.2, 0.25) is 5.82 Å². The highest BCUT2D eigenvalue weighted by Gasteiger charge is 2.16. The van der Waals surface area contributed by atoms with Crippen molar-refractivity contribution in [3.05, 3.63) is 35.0 Å². The minimum absolute atomic E-state index is 0.418. The lowest BCUT2D eigenvalue weighted by atomic mass is 10.2. The van der Waals surface area contributed by atoms with Gasteiger partial charge >= 0.3 is 0 Å². The first-order valence-electron chi connectivity index (χ1n) is 5.46. The van der Waals surface area contributed by atoms with Gasteiger partial charge in [0.15, 0.2) is 5.13 Å². The molecule has 0 radical (unpaired) electrons. The molecule has 0 saturated heterocycles. The minimum Gasteiger partial charge on any atom is -0.375 e. The fourth-order valence-corrected chi connectivity index (χ4v) is 2.62. The third-order valence-corrected chi connectivity index (χ3v) is 3.73. The molecule has 0 aliphatic carbocycles. The van der Waals surface area contributed by atoms with Gasteiger partial charge in [0.25, 0.3) is 5.89 Å². The van der Waals surface area contributed by atoms with Crippen molar-refractivity contribution in [1.82, 2.24) is 15.1 Å². The molecule has 0 aliphatic rings. The Morgan fingerprint density at radius 3 is 2.84 bits per heavy atom. The van der Waals surface area contributed by atoms with Crippen LogP contribution in [0.3, 0.4) is 0 Å². The van der Waals surface area contributed by atoms with Gasteiger partial charge in [-0.15, -0.1) is 0 Å². The molecule has 1 aromatic carbocycles. The van der Waals surface area contributed by atoms with E-state index in [1.165, 1.54) is 11.3 Å². The maximum absolute atomic E-state index is 5.94. The van der Waals surface area contributed by atoms with Crippen LogP contribution in [0.25, 0.3) is 22.2 Å². The predicted octanol–water partition coefficient (Wildman–Crippen LogP) is 3.40. The summed E-state index contributed by atoms with van der Waals surface area (Å²) in [5.74, 6) is 0.908. The molecule has 0 aliphatic heterocycles. The van der Waals surface area contributed by atoms with Crippen molar-refractivity contribution in [2.45, 2.75) is 6.92 Å². The molecule has 0 unspecified atom stereocenters. The number of benzene rings is 1. The summed E-state index contributed by atoms with van der Waals surface area (Å²) < 4.78 is 5.25. The molecule has 0 atom stereocenters. The summed E-state index contributed by atoms with van der Waals surface area (Å²) in [6.07, 6.45) is 0. The van der Waals surface area contributed by atoms with Crippen molar-refractivity contribution in [1.29, 1.82) is 0 Å². The fourth-order valence-electron chi connectivity index (χ4n) is 1.68. The van der Waals surface area contributed by atoms with Gasteiger partial charge in [-0.1, -0.05) is 40.2 Å². The lowest BCUT2D eigenvalue weighted by Crippen LogP contribution is -1.82. The number of rotatable bonds is 2. The number of nitrogen functional groups attached to an aromatic ring is 1. The van der Waals surface area contributed by atoms with E-state index in [2.05, 4.69) is 15.1 Å². The molecule has 2 heterocycles. The van der Waals surface area contributed by atoms with Crippen LogP contribution < -0.4 is 5.73 Å². The molecular formula is C12H9ClN4OS. The average Bonchev–Trinajstić information content (AvgIpc) is 2.96. The summed E-state index contributed by atoms with van der Waals surface area (Å²) in [4.78, 5) is 9.27. The predicted molar refractivity (Wildman–Crippen MR) is 75.0 cm³/mol. The lowest BCUT2D eigenvalue weighted by Gasteiger charge is -1.93. The Bertz CT molecular complexity index is 737. The number of aromatic nitrogens is 3. The fraction of sp³-hybridized carbons (Fsp3) is 0.0833. The summed E-state index contributed by atoms with van der Waals surface area (Å²) in [5.41, 5.74) is 7.24. The van der Waals surface area contributed by atoms with Crippen LogP contribution in [0.1, 0.15) is 5.69 Å². The molecule has 2 aromatic heterocycles. The van der Waals surface area contributed by atoms with Crippen LogP contribution in [-0.4, -0.2) is 15.1 Å². The number of anilines is 1. The Labute approximate surface area is 118 Å². The number of halogens is 1. The van der Waals surface area contributed by atoms with Crippen molar-refractivity contribution in [2.75, 3.05) is 5.73 Å². The molecule has 7 heteroatoms. The number of hydrogen-bond donors (Lipinski definition) is 1. The molecular weight excluding hydrogens is 284 g/mol. The van der Waals surface area contributed by atoms with Gasteiger partial charge in [0.1, 0.15) is 4.88 Å². The zero-order chi connectivity index (χ0) is 13.4. The molecule has 96 valence electrons. The van der Waals surface area contributed by atoms with E-state index < -0.39 is 0 Å². The number of nitrogens with two attached hydrogens (primary N) is 1. The van der Waals surface area contributed by atoms with Gasteiger partial charge < -0.3 is 10.3 Å². The van der Waals surface area contributed by atoms with Crippen LogP contribution in [0, 0.1) is 6.92 Å². The van der Waals surface area contributed by atoms with Crippen molar-refractivity contribution in [3.8, 4) is 22.2 Å². The Kier molecular flexibility index (Phi) is 2.96. The first-order valence-corrected chi connectivity index (χ1v) is 6.66. The monoisotopic (exact) mass is 292 g/mol. The quantitative estimate of drug-likeness (QED) is 0.783. The molecule has 0 bridgehead atoms. The molecule has 2 N–H and O–H groups in total. The average molecular weight is 293 g/mol. The highest BCUT2D eigenvalue weighted by Crippen LogP contribution is 2.31. The molecule has 3 aromatic rings. The SMILES string of the molecule is Cc1nc(N)sc1-c1nc(-c2cccc(Cl)c2)no1. The Morgan fingerprint density at radius 2 is 2.16 bits per heavy atom. The van der Waals surface area contributed by atoms with E-state index in [0.717, 1.165) is 16.1 Å². The second kappa shape index (κ2) is 4.64. The smallest absolute Gasteiger partial charge is 0.270 e. The van der Waals surface area contributed by atoms with Crippen LogP contribution in [0.2, 0.25) is 5.02 Å². The van der Waals surface area contributed by atoms with Crippen LogP contribution in [0.4, 0.5) is 5.13 Å². The van der Waals surface area contributed by atoms with E-state index >= 15 is 0 Å². The first-order chi connectivity index (χ1) is 9.13. The number of thiazole rings is 1. The molecule has 3 rings (SSSR count). The Morgan fingerprint density at radius 1 is 1.32 bits per heavy atom. The molecule has 0 saturated carbocycles. The largest absolute Gasteiger partial charge is 0.375 e. The van der Waals surface area contributed by atoms with Crippen molar-refractivity contribution in [3.63, 3.8) is 0 Å². The summed E-state index contributed by atoms with van der Waals surface area (Å²) in [5, 5.41) is 5.06. The summed E-state index contributed by atoms with van der Waals surface area (Å²) in [7, 11) is 0. The van der Waals surface area contributed by atoms with E-state index in [1.54, 1.807) is 12.1 Å². The lowest BCUT2D eigenvalue weighted by molar-refractivity contribution is 0.433. The summed E-state index contributed by atoms with van der Waals surface area (Å²) >= 11 is 7.26. The van der Waals surface area contributed by atoms with Crippen molar-refractivity contribution < 1.29 is 4.52 Å². The standard InChI is InChI=1S/C12H9ClN4OS/c1-6-9(19-12(14)15-6)11-16-10(17-18-11)7-3-2-4-8(13)5-7/h2-5H,1H3,(H2,14,15). The van der Waals surface area contributed by atoms with Crippen molar-refractivity contribution in [2.24, 2.45) is 0 Å². The normalized spacial score (nSPS) is 10.8. The van der Waals surface area contributed by atoms with Gasteiger partial charge in [-0.05, 0) is 19.1 Å². The van der Waals surface area contributed by atoms with Gasteiger partial charge in [0.05, 0.1) is 5.69 Å². The van der Waals surface area contributed by atoms with Gasteiger partial charge in [-0.2, -0.15) is 4.98 Å². The maximum Gasteiger partial charge on any atom is 0.270 e. The van der Waals surface area contributed by atoms with Gasteiger partial charge in [0, 0.05) is 10.6 Å². The molecule has 19 heavy (non-hydrogen) atoms. The first kappa shape index (κ1) is 12.1. The zero-order valence-electron chi connectivity index (χ0n) is 9.92. The number of aryl methyl sites for hydroxylation is 1. The van der Waals surface area contributed by atoms with E-state index in [0.29, 0.717) is 21.9 Å². The highest BCUT2D eigenvalue weighted by atomic mass is 35.5. The van der Waals surface area contributed by atoms with Crippen LogP contribution >= 0.6 is 22.9 Å². The summed E-state index contributed by atoms with van der Waals surface area (Å²) in [6.45, 7) is 1.85. The van der Waals surface area contributed by atoms with Gasteiger partial charge in [-0.3, -0.25) is 0 Å². The second-order valence-electron chi connectivity index (χ2n) is 3.90. The van der Waals surface area contributed by atoms with E-state index in [4.69, 9.17) is 21.9 Å².